The number of carbonyl (C=O) groups is 1. The number of aryl methyl sites for hydroxylation is 1. The molecule has 150 valence electrons. The van der Waals surface area contributed by atoms with Gasteiger partial charge in [0.15, 0.2) is 0 Å². The molecule has 2 aliphatic heterocycles. The van der Waals surface area contributed by atoms with Gasteiger partial charge in [0.25, 0.3) is 0 Å². The number of anilines is 1. The summed E-state index contributed by atoms with van der Waals surface area (Å²) in [6.45, 7) is 5.43. The van der Waals surface area contributed by atoms with Crippen molar-refractivity contribution in [2.75, 3.05) is 51.6 Å². The maximum Gasteiger partial charge on any atom is 0.243 e. The Bertz CT molecular complexity index is 792. The van der Waals surface area contributed by atoms with Crippen LogP contribution in [0.5, 0.6) is 0 Å². The largest absolute Gasteiger partial charge is 0.326 e. The van der Waals surface area contributed by atoms with E-state index in [-0.39, 0.29) is 23.8 Å². The smallest absolute Gasteiger partial charge is 0.243 e. The number of unbranched alkanes of at least 4 members (excludes halogenated alkanes) is 1. The number of nitrogens with one attached hydrogen (secondary N) is 2. The van der Waals surface area contributed by atoms with Gasteiger partial charge in [-0.3, -0.25) is 4.79 Å². The van der Waals surface area contributed by atoms with Crippen LogP contribution in [0, 0.1) is 5.82 Å². The number of fused-ring (bicyclic) bond motifs is 1. The molecule has 1 aromatic carbocycles. The zero-order chi connectivity index (χ0) is 19.4. The monoisotopic (exact) mass is 398 g/mol. The molecule has 1 fully saturated rings. The molecule has 1 aromatic rings. The normalized spacial score (nSPS) is 19.0. The third kappa shape index (κ3) is 5.25. The van der Waals surface area contributed by atoms with Crippen molar-refractivity contribution in [2.24, 2.45) is 0 Å². The number of sulfonamides is 1. The second-order valence-corrected chi connectivity index (χ2v) is 8.97. The van der Waals surface area contributed by atoms with Crippen molar-refractivity contribution in [1.29, 1.82) is 0 Å². The molecule has 27 heavy (non-hydrogen) atoms. The second kappa shape index (κ2) is 8.64. The first kappa shape index (κ1) is 20.2. The Morgan fingerprint density at radius 2 is 1.89 bits per heavy atom. The molecular weight excluding hydrogens is 371 g/mol. The van der Waals surface area contributed by atoms with Gasteiger partial charge in [-0.25, -0.2) is 17.5 Å². The minimum atomic E-state index is -3.91. The van der Waals surface area contributed by atoms with Gasteiger partial charge in [0.05, 0.1) is 0 Å². The van der Waals surface area contributed by atoms with Gasteiger partial charge < -0.3 is 15.1 Å². The molecule has 2 aliphatic rings. The van der Waals surface area contributed by atoms with E-state index in [1.807, 2.05) is 0 Å². The van der Waals surface area contributed by atoms with E-state index < -0.39 is 15.8 Å². The Morgan fingerprint density at radius 1 is 1.15 bits per heavy atom. The fourth-order valence-corrected chi connectivity index (χ4v) is 4.58. The molecule has 0 atom stereocenters. The lowest BCUT2D eigenvalue weighted by Crippen LogP contribution is -2.44. The minimum absolute atomic E-state index is 0.184. The molecule has 0 bridgehead atoms. The lowest BCUT2D eigenvalue weighted by Gasteiger charge is -2.32. The van der Waals surface area contributed by atoms with E-state index >= 15 is 0 Å². The van der Waals surface area contributed by atoms with Gasteiger partial charge in [-0.15, -0.1) is 0 Å². The van der Waals surface area contributed by atoms with Gasteiger partial charge in [0, 0.05) is 44.8 Å². The van der Waals surface area contributed by atoms with Crippen LogP contribution in [0.2, 0.25) is 0 Å². The first-order valence-electron chi connectivity index (χ1n) is 9.38. The highest BCUT2D eigenvalue weighted by Gasteiger charge is 2.24. The Kier molecular flexibility index (Phi) is 6.46. The van der Waals surface area contributed by atoms with E-state index in [1.165, 1.54) is 6.07 Å². The summed E-state index contributed by atoms with van der Waals surface area (Å²) in [4.78, 5) is 15.7. The van der Waals surface area contributed by atoms with Crippen molar-refractivity contribution in [3.05, 3.63) is 23.5 Å². The highest BCUT2D eigenvalue weighted by Crippen LogP contribution is 2.28. The van der Waals surface area contributed by atoms with Crippen molar-refractivity contribution in [3.8, 4) is 0 Å². The molecule has 1 saturated heterocycles. The summed E-state index contributed by atoms with van der Waals surface area (Å²) in [5, 5.41) is 2.57. The highest BCUT2D eigenvalue weighted by atomic mass is 32.2. The van der Waals surface area contributed by atoms with Crippen molar-refractivity contribution >= 4 is 21.6 Å². The molecule has 0 aromatic heterocycles. The first-order valence-corrected chi connectivity index (χ1v) is 10.9. The van der Waals surface area contributed by atoms with Crippen LogP contribution >= 0.6 is 0 Å². The van der Waals surface area contributed by atoms with Crippen molar-refractivity contribution in [2.45, 2.75) is 30.6 Å². The maximum atomic E-state index is 14.3. The number of halogens is 1. The van der Waals surface area contributed by atoms with Gasteiger partial charge in [-0.2, -0.15) is 0 Å². The predicted molar refractivity (Wildman–Crippen MR) is 102 cm³/mol. The standard InChI is InChI=1S/C18H27FN4O3S/c1-22-8-10-23(11-9-22)7-3-2-6-20-27(25,26)17-12-14-4-5-18(24)21-16(14)13-15(17)19/h12-13,20H,2-11H2,1H3,(H,21,24). The van der Waals surface area contributed by atoms with Crippen LogP contribution in [-0.2, 0) is 21.2 Å². The lowest BCUT2D eigenvalue weighted by atomic mass is 10.0. The summed E-state index contributed by atoms with van der Waals surface area (Å²) in [7, 11) is -1.80. The third-order valence-electron chi connectivity index (χ3n) is 5.13. The number of carbonyl (C=O) groups excluding carboxylic acids is 1. The van der Waals surface area contributed by atoms with E-state index in [0.29, 0.717) is 24.1 Å². The van der Waals surface area contributed by atoms with Crippen molar-refractivity contribution in [3.63, 3.8) is 0 Å². The van der Waals surface area contributed by atoms with Crippen LogP contribution in [0.1, 0.15) is 24.8 Å². The number of rotatable bonds is 7. The second-order valence-electron chi connectivity index (χ2n) is 7.24. The summed E-state index contributed by atoms with van der Waals surface area (Å²) in [5.74, 6) is -1.03. The third-order valence-corrected chi connectivity index (χ3v) is 6.61. The molecular formula is C18H27FN4O3S. The van der Waals surface area contributed by atoms with Crippen molar-refractivity contribution in [1.82, 2.24) is 14.5 Å². The molecule has 0 saturated carbocycles. The van der Waals surface area contributed by atoms with E-state index in [2.05, 4.69) is 26.9 Å². The number of hydrogen-bond acceptors (Lipinski definition) is 5. The van der Waals surface area contributed by atoms with Gasteiger partial charge in [0.2, 0.25) is 15.9 Å². The summed E-state index contributed by atoms with van der Waals surface area (Å²) >= 11 is 0. The minimum Gasteiger partial charge on any atom is -0.326 e. The maximum absolute atomic E-state index is 14.3. The first-order chi connectivity index (χ1) is 12.8. The summed E-state index contributed by atoms with van der Waals surface area (Å²) in [6.07, 6.45) is 2.28. The fraction of sp³-hybridized carbons (Fsp3) is 0.611. The van der Waals surface area contributed by atoms with Crippen LogP contribution < -0.4 is 10.0 Å². The average molecular weight is 399 g/mol. The Balaban J connectivity index is 1.50. The lowest BCUT2D eigenvalue weighted by molar-refractivity contribution is -0.116. The molecule has 7 nitrogen and oxygen atoms in total. The van der Waals surface area contributed by atoms with Gasteiger partial charge in [-0.1, -0.05) is 0 Å². The number of amides is 1. The highest BCUT2D eigenvalue weighted by molar-refractivity contribution is 7.89. The van der Waals surface area contributed by atoms with Crippen LogP contribution in [0.3, 0.4) is 0 Å². The van der Waals surface area contributed by atoms with E-state index in [4.69, 9.17) is 0 Å². The molecule has 0 spiro atoms. The quantitative estimate of drug-likeness (QED) is 0.670. The average Bonchev–Trinajstić information content (AvgIpc) is 2.62. The number of benzene rings is 1. The van der Waals surface area contributed by atoms with Crippen LogP contribution in [0.15, 0.2) is 17.0 Å². The fourth-order valence-electron chi connectivity index (χ4n) is 3.40. The molecule has 2 heterocycles. The van der Waals surface area contributed by atoms with E-state index in [9.17, 15) is 17.6 Å². The summed E-state index contributed by atoms with van der Waals surface area (Å²) in [6, 6.07) is 2.42. The predicted octanol–water partition coefficient (Wildman–Crippen LogP) is 1.02. The number of likely N-dealkylation sites (N-methyl/N-ethyl adjacent to an activating group) is 1. The van der Waals surface area contributed by atoms with E-state index in [1.54, 1.807) is 0 Å². The molecule has 0 radical (unpaired) electrons. The van der Waals surface area contributed by atoms with Crippen LogP contribution in [-0.4, -0.2) is 70.4 Å². The van der Waals surface area contributed by atoms with Crippen LogP contribution in [0.4, 0.5) is 10.1 Å². The number of piperazine rings is 1. The van der Waals surface area contributed by atoms with Gasteiger partial charge >= 0.3 is 0 Å². The zero-order valence-electron chi connectivity index (χ0n) is 15.6. The summed E-state index contributed by atoms with van der Waals surface area (Å²) in [5.41, 5.74) is 1.00. The summed E-state index contributed by atoms with van der Waals surface area (Å²) < 4.78 is 41.7. The molecule has 0 unspecified atom stereocenters. The molecule has 0 aliphatic carbocycles. The Hall–Kier alpha value is -1.55. The Labute approximate surface area is 160 Å². The molecule has 3 rings (SSSR count). The van der Waals surface area contributed by atoms with E-state index in [0.717, 1.165) is 45.2 Å². The molecule has 9 heteroatoms. The van der Waals surface area contributed by atoms with Gasteiger partial charge in [-0.05, 0) is 50.6 Å². The molecule has 1 amide bonds. The molecule has 2 N–H and O–H groups in total. The Morgan fingerprint density at radius 3 is 2.63 bits per heavy atom. The SMILES string of the molecule is CN1CCN(CCCCNS(=O)(=O)c2cc3c(cc2F)NC(=O)CC3)CC1. The van der Waals surface area contributed by atoms with Gasteiger partial charge in [0.1, 0.15) is 10.7 Å². The number of hydrogen-bond donors (Lipinski definition) is 2. The number of nitrogens with zero attached hydrogens (tertiary/aromatic N) is 2. The van der Waals surface area contributed by atoms with Crippen molar-refractivity contribution < 1.29 is 17.6 Å². The zero-order valence-corrected chi connectivity index (χ0v) is 16.4. The topological polar surface area (TPSA) is 81.8 Å². The van der Waals surface area contributed by atoms with Crippen LogP contribution in [0.25, 0.3) is 0 Å².